The van der Waals surface area contributed by atoms with Gasteiger partial charge in [-0.1, -0.05) is 16.8 Å². The summed E-state index contributed by atoms with van der Waals surface area (Å²) in [5.41, 5.74) is 1.64. The summed E-state index contributed by atoms with van der Waals surface area (Å²) in [6.07, 6.45) is 0. The van der Waals surface area contributed by atoms with E-state index in [2.05, 4.69) is 5.16 Å². The van der Waals surface area contributed by atoms with Gasteiger partial charge in [-0.25, -0.2) is 4.39 Å². The van der Waals surface area contributed by atoms with Crippen molar-refractivity contribution in [3.05, 3.63) is 45.6 Å². The van der Waals surface area contributed by atoms with Gasteiger partial charge in [0, 0.05) is 5.56 Å². The molecule has 1 aliphatic heterocycles. The third-order valence-electron chi connectivity index (χ3n) is 3.51. The standard InChI is InChI=1S/C14H10ClFN2O3/c1-6-9(7(2)21-17-6)5-18-12-4-11(16)10(15)3-8(12)13(19)14(18)20/h3-4H,5H2,1-2H3. The van der Waals surface area contributed by atoms with Crippen molar-refractivity contribution in [2.75, 3.05) is 4.90 Å². The molecular weight excluding hydrogens is 299 g/mol. The minimum Gasteiger partial charge on any atom is -0.361 e. The average Bonchev–Trinajstić information content (AvgIpc) is 2.86. The van der Waals surface area contributed by atoms with Crippen LogP contribution >= 0.6 is 11.6 Å². The maximum Gasteiger partial charge on any atom is 0.299 e. The van der Waals surface area contributed by atoms with Gasteiger partial charge in [-0.05, 0) is 26.0 Å². The number of hydrogen-bond donors (Lipinski definition) is 0. The van der Waals surface area contributed by atoms with Crippen molar-refractivity contribution in [2.24, 2.45) is 0 Å². The number of fused-ring (bicyclic) bond motifs is 1. The van der Waals surface area contributed by atoms with Gasteiger partial charge in [0.2, 0.25) is 0 Å². The highest BCUT2D eigenvalue weighted by Crippen LogP contribution is 2.34. The molecule has 0 atom stereocenters. The highest BCUT2D eigenvalue weighted by molar-refractivity contribution is 6.52. The molecule has 5 nitrogen and oxygen atoms in total. The summed E-state index contributed by atoms with van der Waals surface area (Å²) in [6.45, 7) is 3.54. The van der Waals surface area contributed by atoms with E-state index in [9.17, 15) is 14.0 Å². The van der Waals surface area contributed by atoms with Crippen LogP contribution in [0.25, 0.3) is 0 Å². The quantitative estimate of drug-likeness (QED) is 0.800. The molecule has 1 aromatic heterocycles. The van der Waals surface area contributed by atoms with Crippen molar-refractivity contribution >= 4 is 29.0 Å². The second kappa shape index (κ2) is 4.66. The number of ketones is 1. The van der Waals surface area contributed by atoms with Crippen LogP contribution < -0.4 is 4.90 Å². The Labute approximate surface area is 124 Å². The van der Waals surface area contributed by atoms with Crippen LogP contribution in [0.15, 0.2) is 16.7 Å². The first kappa shape index (κ1) is 13.8. The van der Waals surface area contributed by atoms with Crippen LogP contribution in [0, 0.1) is 19.7 Å². The molecule has 21 heavy (non-hydrogen) atoms. The second-order valence-corrected chi connectivity index (χ2v) is 5.21. The van der Waals surface area contributed by atoms with E-state index in [1.165, 1.54) is 11.0 Å². The van der Waals surface area contributed by atoms with Gasteiger partial charge in [0.1, 0.15) is 11.6 Å². The van der Waals surface area contributed by atoms with Crippen LogP contribution in [0.1, 0.15) is 27.4 Å². The largest absolute Gasteiger partial charge is 0.361 e. The third-order valence-corrected chi connectivity index (χ3v) is 3.80. The average molecular weight is 309 g/mol. The SMILES string of the molecule is Cc1noc(C)c1CN1C(=O)C(=O)c2cc(Cl)c(F)cc21. The number of rotatable bonds is 2. The highest BCUT2D eigenvalue weighted by atomic mass is 35.5. The first-order valence-corrected chi connectivity index (χ1v) is 6.55. The van der Waals surface area contributed by atoms with Crippen LogP contribution in [-0.2, 0) is 11.3 Å². The van der Waals surface area contributed by atoms with Crippen molar-refractivity contribution in [3.8, 4) is 0 Å². The lowest BCUT2D eigenvalue weighted by molar-refractivity contribution is -0.114. The predicted molar refractivity (Wildman–Crippen MR) is 72.9 cm³/mol. The van der Waals surface area contributed by atoms with Crippen LogP contribution in [0.3, 0.4) is 0 Å². The number of nitrogens with zero attached hydrogens (tertiary/aromatic N) is 2. The zero-order valence-corrected chi connectivity index (χ0v) is 12.0. The second-order valence-electron chi connectivity index (χ2n) is 4.81. The number of benzene rings is 1. The van der Waals surface area contributed by atoms with Crippen LogP contribution in [0.4, 0.5) is 10.1 Å². The summed E-state index contributed by atoms with van der Waals surface area (Å²) in [5.74, 6) is -1.54. The lowest BCUT2D eigenvalue weighted by atomic mass is 10.1. The fourth-order valence-electron chi connectivity index (χ4n) is 2.33. The highest BCUT2D eigenvalue weighted by Gasteiger charge is 2.37. The molecule has 2 heterocycles. The molecule has 7 heteroatoms. The summed E-state index contributed by atoms with van der Waals surface area (Å²) in [7, 11) is 0. The summed E-state index contributed by atoms with van der Waals surface area (Å²) >= 11 is 5.66. The number of aryl methyl sites for hydroxylation is 2. The number of Topliss-reactive ketones (excluding diaryl/α,β-unsaturated/α-hetero) is 1. The van der Waals surface area contributed by atoms with E-state index in [1.807, 2.05) is 0 Å². The maximum atomic E-state index is 13.6. The molecule has 1 amide bonds. The summed E-state index contributed by atoms with van der Waals surface area (Å²) in [5, 5.41) is 3.61. The minimum atomic E-state index is -0.716. The molecule has 0 saturated carbocycles. The number of amides is 1. The normalized spacial score (nSPS) is 14.0. The Morgan fingerprint density at radius 1 is 1.33 bits per heavy atom. The van der Waals surface area contributed by atoms with Crippen LogP contribution in [-0.4, -0.2) is 16.8 Å². The van der Waals surface area contributed by atoms with E-state index in [0.717, 1.165) is 6.07 Å². The van der Waals surface area contributed by atoms with Gasteiger partial charge >= 0.3 is 0 Å². The van der Waals surface area contributed by atoms with E-state index in [0.29, 0.717) is 17.0 Å². The molecular formula is C14H10ClFN2O3. The van der Waals surface area contributed by atoms with Crippen molar-refractivity contribution in [2.45, 2.75) is 20.4 Å². The molecule has 1 aromatic carbocycles. The molecule has 0 N–H and O–H groups in total. The molecule has 0 bridgehead atoms. The molecule has 0 radical (unpaired) electrons. The fraction of sp³-hybridized carbons (Fsp3) is 0.214. The number of anilines is 1. The summed E-state index contributed by atoms with van der Waals surface area (Å²) < 4.78 is 18.7. The Morgan fingerprint density at radius 3 is 2.67 bits per heavy atom. The Bertz CT molecular complexity index is 765. The molecule has 108 valence electrons. The fourth-order valence-corrected chi connectivity index (χ4v) is 2.50. The van der Waals surface area contributed by atoms with Gasteiger partial charge in [0.05, 0.1) is 28.5 Å². The van der Waals surface area contributed by atoms with Crippen molar-refractivity contribution in [1.82, 2.24) is 5.16 Å². The molecule has 0 aliphatic carbocycles. The van der Waals surface area contributed by atoms with Gasteiger partial charge in [-0.3, -0.25) is 9.59 Å². The lowest BCUT2D eigenvalue weighted by Crippen LogP contribution is -2.29. The van der Waals surface area contributed by atoms with E-state index in [-0.39, 0.29) is 22.8 Å². The molecule has 0 fully saturated rings. The molecule has 2 aromatic rings. The minimum absolute atomic E-state index is 0.0970. The van der Waals surface area contributed by atoms with Crippen molar-refractivity contribution in [1.29, 1.82) is 0 Å². The number of aromatic nitrogens is 1. The Balaban J connectivity index is 2.08. The number of halogens is 2. The van der Waals surface area contributed by atoms with Gasteiger partial charge < -0.3 is 9.42 Å². The van der Waals surface area contributed by atoms with Gasteiger partial charge in [-0.15, -0.1) is 0 Å². The van der Waals surface area contributed by atoms with E-state index in [1.54, 1.807) is 13.8 Å². The van der Waals surface area contributed by atoms with E-state index >= 15 is 0 Å². The lowest BCUT2D eigenvalue weighted by Gasteiger charge is -2.16. The smallest absolute Gasteiger partial charge is 0.299 e. The van der Waals surface area contributed by atoms with Gasteiger partial charge in [0.25, 0.3) is 11.7 Å². The topological polar surface area (TPSA) is 63.4 Å². The van der Waals surface area contributed by atoms with Crippen molar-refractivity contribution in [3.63, 3.8) is 0 Å². The number of hydrogen-bond acceptors (Lipinski definition) is 4. The summed E-state index contributed by atoms with van der Waals surface area (Å²) in [6, 6.07) is 2.28. The zero-order valence-electron chi connectivity index (χ0n) is 11.2. The first-order chi connectivity index (χ1) is 9.90. The third kappa shape index (κ3) is 2.03. The van der Waals surface area contributed by atoms with E-state index in [4.69, 9.17) is 16.1 Å². The zero-order chi connectivity index (χ0) is 15.3. The summed E-state index contributed by atoms with van der Waals surface area (Å²) in [4.78, 5) is 25.3. The van der Waals surface area contributed by atoms with E-state index < -0.39 is 17.5 Å². The molecule has 0 spiro atoms. The van der Waals surface area contributed by atoms with Crippen molar-refractivity contribution < 1.29 is 18.5 Å². The number of carbonyl (C=O) groups excluding carboxylic acids is 2. The monoisotopic (exact) mass is 308 g/mol. The Hall–Kier alpha value is -2.21. The number of carbonyl (C=O) groups is 2. The van der Waals surface area contributed by atoms with Crippen LogP contribution in [0.5, 0.6) is 0 Å². The van der Waals surface area contributed by atoms with Crippen LogP contribution in [0.2, 0.25) is 5.02 Å². The molecule has 1 aliphatic rings. The Morgan fingerprint density at radius 2 is 2.05 bits per heavy atom. The molecule has 3 rings (SSSR count). The molecule has 0 unspecified atom stereocenters. The Kier molecular flexibility index (Phi) is 3.06. The molecule has 0 saturated heterocycles. The predicted octanol–water partition coefficient (Wildman–Crippen LogP) is 2.81. The maximum absolute atomic E-state index is 13.6. The van der Waals surface area contributed by atoms with Gasteiger partial charge in [-0.2, -0.15) is 0 Å². The first-order valence-electron chi connectivity index (χ1n) is 6.17. The van der Waals surface area contributed by atoms with Gasteiger partial charge in [0.15, 0.2) is 0 Å².